The fourth-order valence-electron chi connectivity index (χ4n) is 1.62. The second kappa shape index (κ2) is 4.61. The number of hydrogen-bond donors (Lipinski definition) is 2. The molecule has 0 bridgehead atoms. The summed E-state index contributed by atoms with van der Waals surface area (Å²) < 4.78 is 0. The summed E-state index contributed by atoms with van der Waals surface area (Å²) in [6.45, 7) is 3.91. The predicted molar refractivity (Wildman–Crippen MR) is 51.2 cm³/mol. The Kier molecular flexibility index (Phi) is 3.72. The third kappa shape index (κ3) is 2.69. The fourth-order valence-corrected chi connectivity index (χ4v) is 1.62. The van der Waals surface area contributed by atoms with Crippen LogP contribution in [0.4, 0.5) is 0 Å². The third-order valence-corrected chi connectivity index (χ3v) is 2.87. The van der Waals surface area contributed by atoms with E-state index in [1.807, 2.05) is 13.8 Å². The van der Waals surface area contributed by atoms with Crippen LogP contribution in [0.5, 0.6) is 0 Å². The molecule has 3 heteroatoms. The van der Waals surface area contributed by atoms with Crippen molar-refractivity contribution in [3.63, 3.8) is 0 Å². The minimum absolute atomic E-state index is 0.00139. The van der Waals surface area contributed by atoms with E-state index in [1.165, 1.54) is 0 Å². The van der Waals surface area contributed by atoms with Gasteiger partial charge in [0.1, 0.15) is 0 Å². The van der Waals surface area contributed by atoms with Crippen LogP contribution < -0.4 is 5.32 Å². The van der Waals surface area contributed by atoms with Crippen molar-refractivity contribution in [1.29, 1.82) is 0 Å². The monoisotopic (exact) mass is 185 g/mol. The number of carbonyl (C=O) groups excluding carboxylic acids is 1. The number of nitrogens with one attached hydrogen (secondary N) is 1. The zero-order valence-electron chi connectivity index (χ0n) is 8.42. The lowest BCUT2D eigenvalue weighted by atomic mass is 10.1. The molecule has 0 radical (unpaired) electrons. The first-order valence-corrected chi connectivity index (χ1v) is 5.13. The molecule has 1 aliphatic rings. The minimum Gasteiger partial charge on any atom is -0.391 e. The summed E-state index contributed by atoms with van der Waals surface area (Å²) >= 11 is 0. The molecule has 1 amide bonds. The van der Waals surface area contributed by atoms with E-state index < -0.39 is 0 Å². The molecule has 3 nitrogen and oxygen atoms in total. The number of amides is 1. The Morgan fingerprint density at radius 2 is 2.31 bits per heavy atom. The van der Waals surface area contributed by atoms with Gasteiger partial charge in [-0.2, -0.15) is 0 Å². The summed E-state index contributed by atoms with van der Waals surface area (Å²) in [5, 5.41) is 12.4. The van der Waals surface area contributed by atoms with Gasteiger partial charge in [0.05, 0.1) is 12.1 Å². The van der Waals surface area contributed by atoms with E-state index in [1.54, 1.807) is 0 Å². The maximum absolute atomic E-state index is 11.5. The van der Waals surface area contributed by atoms with Crippen LogP contribution in [0.3, 0.4) is 0 Å². The van der Waals surface area contributed by atoms with E-state index >= 15 is 0 Å². The van der Waals surface area contributed by atoms with E-state index in [2.05, 4.69) is 5.32 Å². The third-order valence-electron chi connectivity index (χ3n) is 2.87. The maximum atomic E-state index is 11.5. The van der Waals surface area contributed by atoms with Crippen molar-refractivity contribution in [1.82, 2.24) is 5.32 Å². The van der Waals surface area contributed by atoms with Crippen molar-refractivity contribution >= 4 is 5.91 Å². The zero-order valence-corrected chi connectivity index (χ0v) is 8.42. The molecule has 1 saturated carbocycles. The van der Waals surface area contributed by atoms with Gasteiger partial charge in [0.25, 0.3) is 0 Å². The maximum Gasteiger partial charge on any atom is 0.223 e. The van der Waals surface area contributed by atoms with Crippen molar-refractivity contribution < 1.29 is 9.90 Å². The molecule has 0 heterocycles. The molecule has 0 spiro atoms. The Hall–Kier alpha value is -0.570. The summed E-state index contributed by atoms with van der Waals surface area (Å²) in [5.41, 5.74) is 0. The first kappa shape index (κ1) is 10.5. The van der Waals surface area contributed by atoms with E-state index in [-0.39, 0.29) is 24.0 Å². The van der Waals surface area contributed by atoms with Gasteiger partial charge in [-0.3, -0.25) is 4.79 Å². The van der Waals surface area contributed by atoms with E-state index in [0.717, 1.165) is 25.7 Å². The van der Waals surface area contributed by atoms with Crippen LogP contribution in [-0.4, -0.2) is 23.2 Å². The highest BCUT2D eigenvalue weighted by Gasteiger charge is 2.27. The fraction of sp³-hybridized carbons (Fsp3) is 0.900. The van der Waals surface area contributed by atoms with Crippen LogP contribution in [0.15, 0.2) is 0 Å². The Balaban J connectivity index is 2.35. The van der Waals surface area contributed by atoms with Gasteiger partial charge in [0.2, 0.25) is 5.91 Å². The van der Waals surface area contributed by atoms with E-state index in [0.29, 0.717) is 0 Å². The molecule has 13 heavy (non-hydrogen) atoms. The molecule has 0 aromatic carbocycles. The molecule has 1 rings (SSSR count). The average molecular weight is 185 g/mol. The predicted octanol–water partition coefficient (Wildman–Crippen LogP) is 1.06. The highest BCUT2D eigenvalue weighted by Crippen LogP contribution is 2.19. The summed E-state index contributed by atoms with van der Waals surface area (Å²) in [6.07, 6.45) is 3.30. The Bertz CT molecular complexity index is 182. The van der Waals surface area contributed by atoms with Crippen LogP contribution in [0.1, 0.15) is 39.5 Å². The largest absolute Gasteiger partial charge is 0.391 e. The van der Waals surface area contributed by atoms with Crippen molar-refractivity contribution in [3.8, 4) is 0 Å². The Morgan fingerprint density at radius 3 is 2.77 bits per heavy atom. The van der Waals surface area contributed by atoms with Crippen molar-refractivity contribution in [2.75, 3.05) is 0 Å². The molecule has 3 unspecified atom stereocenters. The topological polar surface area (TPSA) is 49.3 Å². The van der Waals surface area contributed by atoms with Crippen LogP contribution in [0.25, 0.3) is 0 Å². The zero-order chi connectivity index (χ0) is 9.84. The Morgan fingerprint density at radius 1 is 1.62 bits per heavy atom. The van der Waals surface area contributed by atoms with Gasteiger partial charge >= 0.3 is 0 Å². The highest BCUT2D eigenvalue weighted by atomic mass is 16.3. The molecule has 1 aliphatic carbocycles. The van der Waals surface area contributed by atoms with Gasteiger partial charge in [0, 0.05) is 5.92 Å². The normalized spacial score (nSPS) is 30.1. The Labute approximate surface area is 79.5 Å². The number of carbonyl (C=O) groups is 1. The summed E-state index contributed by atoms with van der Waals surface area (Å²) in [7, 11) is 0. The highest BCUT2D eigenvalue weighted by molar-refractivity contribution is 5.78. The first-order chi connectivity index (χ1) is 6.15. The lowest BCUT2D eigenvalue weighted by molar-refractivity contribution is -0.125. The smallest absolute Gasteiger partial charge is 0.223 e. The lowest BCUT2D eigenvalue weighted by Gasteiger charge is -2.18. The molecule has 0 saturated heterocycles. The lowest BCUT2D eigenvalue weighted by Crippen LogP contribution is -2.42. The van der Waals surface area contributed by atoms with Crippen LogP contribution in [0.2, 0.25) is 0 Å². The van der Waals surface area contributed by atoms with Crippen LogP contribution in [0, 0.1) is 5.92 Å². The van der Waals surface area contributed by atoms with Gasteiger partial charge in [-0.1, -0.05) is 13.8 Å². The average Bonchev–Trinajstić information content (AvgIpc) is 2.50. The standard InChI is InChI=1S/C10H19NO2/c1-3-7(2)10(13)11-8-5-4-6-9(8)12/h7-9,12H,3-6H2,1-2H3,(H,11,13). The van der Waals surface area contributed by atoms with Gasteiger partial charge < -0.3 is 10.4 Å². The minimum atomic E-state index is -0.326. The van der Waals surface area contributed by atoms with Gasteiger partial charge in [-0.15, -0.1) is 0 Å². The summed E-state index contributed by atoms with van der Waals surface area (Å²) in [5.74, 6) is 0.140. The van der Waals surface area contributed by atoms with Crippen molar-refractivity contribution in [3.05, 3.63) is 0 Å². The van der Waals surface area contributed by atoms with Gasteiger partial charge in [-0.05, 0) is 25.7 Å². The molecule has 3 atom stereocenters. The van der Waals surface area contributed by atoms with E-state index in [4.69, 9.17) is 0 Å². The summed E-state index contributed by atoms with van der Waals surface area (Å²) in [6, 6.07) is 0.00139. The summed E-state index contributed by atoms with van der Waals surface area (Å²) in [4.78, 5) is 11.5. The van der Waals surface area contributed by atoms with Gasteiger partial charge in [0.15, 0.2) is 0 Å². The molecule has 0 aromatic rings. The number of rotatable bonds is 3. The van der Waals surface area contributed by atoms with Gasteiger partial charge in [-0.25, -0.2) is 0 Å². The molecular weight excluding hydrogens is 166 g/mol. The quantitative estimate of drug-likeness (QED) is 0.690. The molecule has 0 aromatic heterocycles. The number of aliphatic hydroxyl groups is 1. The molecule has 0 aliphatic heterocycles. The van der Waals surface area contributed by atoms with E-state index in [9.17, 15) is 9.90 Å². The van der Waals surface area contributed by atoms with Crippen LogP contribution in [-0.2, 0) is 4.79 Å². The molecule has 2 N–H and O–H groups in total. The molecule has 1 fully saturated rings. The molecule has 76 valence electrons. The van der Waals surface area contributed by atoms with Crippen molar-refractivity contribution in [2.45, 2.75) is 51.7 Å². The molecular formula is C10H19NO2. The number of hydrogen-bond acceptors (Lipinski definition) is 2. The van der Waals surface area contributed by atoms with Crippen molar-refractivity contribution in [2.24, 2.45) is 5.92 Å². The second-order valence-electron chi connectivity index (χ2n) is 3.92. The van der Waals surface area contributed by atoms with Crippen LogP contribution >= 0.6 is 0 Å². The second-order valence-corrected chi connectivity index (χ2v) is 3.92. The number of aliphatic hydroxyl groups excluding tert-OH is 1. The SMILES string of the molecule is CCC(C)C(=O)NC1CCCC1O. The first-order valence-electron chi connectivity index (χ1n) is 5.13.